The van der Waals surface area contributed by atoms with Crippen LogP contribution in [-0.2, 0) is 13.0 Å². The second-order valence-electron chi connectivity index (χ2n) is 3.23. The van der Waals surface area contributed by atoms with Crippen LogP contribution >= 0.6 is 0 Å². The van der Waals surface area contributed by atoms with Crippen molar-refractivity contribution in [3.05, 3.63) is 54.6 Å². The van der Waals surface area contributed by atoms with Gasteiger partial charge in [-0.2, -0.15) is 0 Å². The summed E-state index contributed by atoms with van der Waals surface area (Å²) in [5.74, 6) is 0. The summed E-state index contributed by atoms with van der Waals surface area (Å²) in [5, 5.41) is 0. The van der Waals surface area contributed by atoms with Gasteiger partial charge in [-0.05, 0) is 37.1 Å². The summed E-state index contributed by atoms with van der Waals surface area (Å²) in [6, 6.07) is 8.10. The smallest absolute Gasteiger partial charge is 0.0299 e. The van der Waals surface area contributed by atoms with Gasteiger partial charge in [-0.3, -0.25) is 4.98 Å². The highest BCUT2D eigenvalue weighted by molar-refractivity contribution is 5.07. The molecule has 0 unspecified atom stereocenters. The van der Waals surface area contributed by atoms with Gasteiger partial charge in [0.05, 0.1) is 0 Å². The molecule has 0 saturated heterocycles. The normalized spacial score (nSPS) is 9.20. The molecule has 0 bridgehead atoms. The van der Waals surface area contributed by atoms with E-state index < -0.39 is 0 Å². The minimum Gasteiger partial charge on any atom is -0.355 e. The summed E-state index contributed by atoms with van der Waals surface area (Å²) in [7, 11) is 0. The standard InChI is InChI=1S/C7H9N.C6H9N/c1-2-7-4-3-5-8-6-7;1-2-7-5-3-4-6-7/h3-6H,2H2,1H3;3-6H,2H2,1H3. The van der Waals surface area contributed by atoms with Crippen molar-refractivity contribution >= 4 is 0 Å². The van der Waals surface area contributed by atoms with Crippen molar-refractivity contribution in [3.63, 3.8) is 0 Å². The Bertz CT molecular complexity index is 338. The molecule has 2 aromatic rings. The fourth-order valence-corrected chi connectivity index (χ4v) is 1.19. The van der Waals surface area contributed by atoms with Crippen molar-refractivity contribution in [2.24, 2.45) is 0 Å². The summed E-state index contributed by atoms with van der Waals surface area (Å²) in [6.45, 7) is 5.32. The lowest BCUT2D eigenvalue weighted by molar-refractivity contribution is 0.769. The van der Waals surface area contributed by atoms with Gasteiger partial charge in [0.1, 0.15) is 0 Å². The Hall–Kier alpha value is -1.57. The number of hydrogen-bond acceptors (Lipinski definition) is 1. The summed E-state index contributed by atoms with van der Waals surface area (Å²) in [5.41, 5.74) is 1.30. The van der Waals surface area contributed by atoms with E-state index in [9.17, 15) is 0 Å². The highest BCUT2D eigenvalue weighted by Gasteiger charge is 1.81. The molecule has 2 aromatic heterocycles. The lowest BCUT2D eigenvalue weighted by Gasteiger charge is -1.89. The molecular formula is C13H18N2. The summed E-state index contributed by atoms with van der Waals surface area (Å²) in [6.07, 6.45) is 8.87. The van der Waals surface area contributed by atoms with Crippen LogP contribution in [0.15, 0.2) is 49.1 Å². The SMILES string of the molecule is CCc1cccnc1.CCn1cccc1. The minimum atomic E-state index is 1.08. The minimum absolute atomic E-state index is 1.08. The number of aromatic nitrogens is 2. The molecule has 0 aromatic carbocycles. The molecule has 0 aliphatic carbocycles. The largest absolute Gasteiger partial charge is 0.355 e. The fraction of sp³-hybridized carbons (Fsp3) is 0.308. The van der Waals surface area contributed by atoms with Crippen LogP contribution in [0.5, 0.6) is 0 Å². The van der Waals surface area contributed by atoms with Gasteiger partial charge in [0.2, 0.25) is 0 Å². The van der Waals surface area contributed by atoms with Gasteiger partial charge in [-0.1, -0.05) is 13.0 Å². The van der Waals surface area contributed by atoms with Gasteiger partial charge in [0, 0.05) is 31.3 Å². The first-order valence-electron chi connectivity index (χ1n) is 5.36. The average molecular weight is 202 g/mol. The summed E-state index contributed by atoms with van der Waals surface area (Å²) >= 11 is 0. The van der Waals surface area contributed by atoms with Crippen LogP contribution in [0.2, 0.25) is 0 Å². The molecule has 2 nitrogen and oxygen atoms in total. The van der Waals surface area contributed by atoms with Crippen molar-refractivity contribution in [1.29, 1.82) is 0 Å². The lowest BCUT2D eigenvalue weighted by atomic mass is 10.2. The first kappa shape index (κ1) is 11.5. The molecule has 2 heteroatoms. The third-order valence-corrected chi connectivity index (χ3v) is 2.16. The maximum absolute atomic E-state index is 3.96. The number of aryl methyl sites for hydroxylation is 2. The Kier molecular flexibility index (Phi) is 5.23. The van der Waals surface area contributed by atoms with E-state index in [1.807, 2.05) is 24.4 Å². The van der Waals surface area contributed by atoms with E-state index in [1.165, 1.54) is 5.56 Å². The predicted octanol–water partition coefficient (Wildman–Crippen LogP) is 3.15. The van der Waals surface area contributed by atoms with Crippen molar-refractivity contribution in [1.82, 2.24) is 9.55 Å². The molecule has 0 atom stereocenters. The second-order valence-corrected chi connectivity index (χ2v) is 3.23. The topological polar surface area (TPSA) is 17.8 Å². The third kappa shape index (κ3) is 4.45. The fourth-order valence-electron chi connectivity index (χ4n) is 1.19. The van der Waals surface area contributed by atoms with Crippen LogP contribution in [0.4, 0.5) is 0 Å². The first-order chi connectivity index (χ1) is 7.36. The van der Waals surface area contributed by atoms with E-state index in [2.05, 4.69) is 41.9 Å². The van der Waals surface area contributed by atoms with Gasteiger partial charge in [0.15, 0.2) is 0 Å². The molecule has 2 rings (SSSR count). The Morgan fingerprint density at radius 3 is 2.20 bits per heavy atom. The maximum atomic E-state index is 3.96. The molecule has 0 amide bonds. The van der Waals surface area contributed by atoms with Crippen LogP contribution in [0.3, 0.4) is 0 Å². The van der Waals surface area contributed by atoms with Crippen LogP contribution in [-0.4, -0.2) is 9.55 Å². The third-order valence-electron chi connectivity index (χ3n) is 2.16. The highest BCUT2D eigenvalue weighted by atomic mass is 14.9. The zero-order valence-corrected chi connectivity index (χ0v) is 9.43. The number of hydrogen-bond donors (Lipinski definition) is 0. The van der Waals surface area contributed by atoms with Crippen molar-refractivity contribution in [2.45, 2.75) is 26.8 Å². The molecule has 15 heavy (non-hydrogen) atoms. The number of rotatable bonds is 2. The molecule has 0 saturated carbocycles. The molecular weight excluding hydrogens is 184 g/mol. The van der Waals surface area contributed by atoms with Crippen molar-refractivity contribution in [2.75, 3.05) is 0 Å². The van der Waals surface area contributed by atoms with Crippen LogP contribution in [0.1, 0.15) is 19.4 Å². The summed E-state index contributed by atoms with van der Waals surface area (Å²) in [4.78, 5) is 3.96. The first-order valence-corrected chi connectivity index (χ1v) is 5.36. The molecule has 0 fully saturated rings. The van der Waals surface area contributed by atoms with E-state index >= 15 is 0 Å². The molecule has 0 spiro atoms. The van der Waals surface area contributed by atoms with Gasteiger partial charge < -0.3 is 4.57 Å². The molecule has 0 aliphatic rings. The molecule has 0 radical (unpaired) electrons. The Balaban J connectivity index is 0.000000151. The molecule has 0 N–H and O–H groups in total. The van der Waals surface area contributed by atoms with Crippen LogP contribution in [0.25, 0.3) is 0 Å². The van der Waals surface area contributed by atoms with E-state index in [1.54, 1.807) is 6.20 Å². The van der Waals surface area contributed by atoms with Crippen molar-refractivity contribution < 1.29 is 0 Å². The van der Waals surface area contributed by atoms with E-state index in [0.717, 1.165) is 13.0 Å². The van der Waals surface area contributed by atoms with Crippen LogP contribution < -0.4 is 0 Å². The van der Waals surface area contributed by atoms with E-state index in [4.69, 9.17) is 0 Å². The van der Waals surface area contributed by atoms with Gasteiger partial charge in [-0.15, -0.1) is 0 Å². The van der Waals surface area contributed by atoms with Gasteiger partial charge >= 0.3 is 0 Å². The van der Waals surface area contributed by atoms with E-state index in [-0.39, 0.29) is 0 Å². The Morgan fingerprint density at radius 2 is 1.87 bits per heavy atom. The van der Waals surface area contributed by atoms with E-state index in [0.29, 0.717) is 0 Å². The Labute approximate surface area is 91.6 Å². The van der Waals surface area contributed by atoms with Crippen LogP contribution in [0, 0.1) is 0 Å². The molecule has 2 heterocycles. The van der Waals surface area contributed by atoms with Gasteiger partial charge in [-0.25, -0.2) is 0 Å². The lowest BCUT2D eigenvalue weighted by Crippen LogP contribution is -1.85. The molecule has 80 valence electrons. The average Bonchev–Trinajstić information content (AvgIpc) is 2.84. The maximum Gasteiger partial charge on any atom is 0.0299 e. The van der Waals surface area contributed by atoms with Gasteiger partial charge in [0.25, 0.3) is 0 Å². The quantitative estimate of drug-likeness (QED) is 0.731. The number of pyridine rings is 1. The summed E-state index contributed by atoms with van der Waals surface area (Å²) < 4.78 is 2.12. The molecule has 0 aliphatic heterocycles. The van der Waals surface area contributed by atoms with Crippen molar-refractivity contribution in [3.8, 4) is 0 Å². The highest BCUT2D eigenvalue weighted by Crippen LogP contribution is 1.93. The zero-order valence-electron chi connectivity index (χ0n) is 9.43. The number of nitrogens with zero attached hydrogens (tertiary/aromatic N) is 2. The zero-order chi connectivity index (χ0) is 10.9. The Morgan fingerprint density at radius 1 is 1.13 bits per heavy atom. The predicted molar refractivity (Wildman–Crippen MR) is 63.7 cm³/mol. The monoisotopic (exact) mass is 202 g/mol. The second kappa shape index (κ2) is 6.82.